The maximum Gasteiger partial charge on any atom is 0.241 e. The molecule has 6 nitrogen and oxygen atoms in total. The molecule has 0 saturated heterocycles. The number of H-pyrrole nitrogens is 1. The van der Waals surface area contributed by atoms with Gasteiger partial charge in [-0.2, -0.15) is 0 Å². The van der Waals surface area contributed by atoms with Crippen molar-refractivity contribution in [2.75, 3.05) is 12.4 Å². The van der Waals surface area contributed by atoms with Crippen molar-refractivity contribution in [3.63, 3.8) is 0 Å². The summed E-state index contributed by atoms with van der Waals surface area (Å²) in [6.45, 7) is 0. The zero-order valence-electron chi connectivity index (χ0n) is 10.6. The maximum absolute atomic E-state index is 11.9. The Balaban J connectivity index is 1.92. The van der Waals surface area contributed by atoms with E-state index < -0.39 is 6.04 Å². The molecular formula is C13H16N4O2. The minimum Gasteiger partial charge on any atom is -0.497 e. The van der Waals surface area contributed by atoms with Crippen LogP contribution in [0.3, 0.4) is 0 Å². The molecule has 0 aliphatic carbocycles. The summed E-state index contributed by atoms with van der Waals surface area (Å²) in [5.41, 5.74) is 7.34. The fourth-order valence-electron chi connectivity index (χ4n) is 1.64. The molecule has 1 heterocycles. The number of hydrogen-bond acceptors (Lipinski definition) is 4. The predicted molar refractivity (Wildman–Crippen MR) is 71.9 cm³/mol. The van der Waals surface area contributed by atoms with E-state index in [1.165, 1.54) is 0 Å². The summed E-state index contributed by atoms with van der Waals surface area (Å²) in [5, 5.41) is 2.75. The fraction of sp³-hybridized carbons (Fsp3) is 0.231. The van der Waals surface area contributed by atoms with Crippen molar-refractivity contribution in [1.82, 2.24) is 9.97 Å². The number of nitrogens with zero attached hydrogens (tertiary/aromatic N) is 1. The van der Waals surface area contributed by atoms with Crippen LogP contribution >= 0.6 is 0 Å². The van der Waals surface area contributed by atoms with Gasteiger partial charge in [0.2, 0.25) is 5.91 Å². The monoisotopic (exact) mass is 260 g/mol. The molecule has 100 valence electrons. The SMILES string of the molecule is COc1ccc(NC(=O)[C@@H](N)Cc2cnc[nH]2)cc1. The molecule has 2 rings (SSSR count). The van der Waals surface area contributed by atoms with Gasteiger partial charge in [0.15, 0.2) is 0 Å². The van der Waals surface area contributed by atoms with E-state index in [9.17, 15) is 4.79 Å². The van der Waals surface area contributed by atoms with E-state index in [0.29, 0.717) is 12.1 Å². The van der Waals surface area contributed by atoms with Gasteiger partial charge in [0.25, 0.3) is 0 Å². The first-order chi connectivity index (χ1) is 9.19. The molecular weight excluding hydrogens is 244 g/mol. The average Bonchev–Trinajstić information content (AvgIpc) is 2.92. The number of nitrogens with two attached hydrogens (primary N) is 1. The van der Waals surface area contributed by atoms with Crippen molar-refractivity contribution in [2.24, 2.45) is 5.73 Å². The topological polar surface area (TPSA) is 93.0 Å². The Morgan fingerprint density at radius 1 is 1.47 bits per heavy atom. The molecule has 6 heteroatoms. The van der Waals surface area contributed by atoms with Crippen LogP contribution in [0.5, 0.6) is 5.75 Å². The lowest BCUT2D eigenvalue weighted by Gasteiger charge is -2.11. The molecule has 19 heavy (non-hydrogen) atoms. The summed E-state index contributed by atoms with van der Waals surface area (Å²) >= 11 is 0. The smallest absolute Gasteiger partial charge is 0.241 e. The van der Waals surface area contributed by atoms with Crippen molar-refractivity contribution in [2.45, 2.75) is 12.5 Å². The van der Waals surface area contributed by atoms with Gasteiger partial charge in [0.1, 0.15) is 5.75 Å². The van der Waals surface area contributed by atoms with Crippen LogP contribution < -0.4 is 15.8 Å². The fourth-order valence-corrected chi connectivity index (χ4v) is 1.64. The van der Waals surface area contributed by atoms with Crippen LogP contribution in [0.1, 0.15) is 5.69 Å². The highest BCUT2D eigenvalue weighted by Crippen LogP contribution is 2.15. The van der Waals surface area contributed by atoms with Crippen LogP contribution in [0.15, 0.2) is 36.8 Å². The zero-order valence-corrected chi connectivity index (χ0v) is 10.6. The third-order valence-corrected chi connectivity index (χ3v) is 2.69. The first-order valence-electron chi connectivity index (χ1n) is 5.87. The second kappa shape index (κ2) is 6.01. The van der Waals surface area contributed by atoms with Gasteiger partial charge in [-0.25, -0.2) is 4.98 Å². The Morgan fingerprint density at radius 3 is 2.79 bits per heavy atom. The van der Waals surface area contributed by atoms with E-state index in [2.05, 4.69) is 15.3 Å². The van der Waals surface area contributed by atoms with E-state index in [4.69, 9.17) is 10.5 Å². The molecule has 0 aliphatic rings. The summed E-state index contributed by atoms with van der Waals surface area (Å²) in [6.07, 6.45) is 3.63. The number of methoxy groups -OCH3 is 1. The number of aromatic nitrogens is 2. The van der Waals surface area contributed by atoms with E-state index >= 15 is 0 Å². The van der Waals surface area contributed by atoms with Gasteiger partial charge < -0.3 is 20.8 Å². The third kappa shape index (κ3) is 3.56. The van der Waals surface area contributed by atoms with Gasteiger partial charge in [-0.1, -0.05) is 0 Å². The number of anilines is 1. The molecule has 0 unspecified atom stereocenters. The molecule has 1 aromatic carbocycles. The summed E-state index contributed by atoms with van der Waals surface area (Å²) in [6, 6.07) is 6.45. The molecule has 0 bridgehead atoms. The molecule has 1 amide bonds. The lowest BCUT2D eigenvalue weighted by atomic mass is 10.1. The van der Waals surface area contributed by atoms with Crippen LogP contribution in [0.2, 0.25) is 0 Å². The number of benzene rings is 1. The number of ether oxygens (including phenoxy) is 1. The Bertz CT molecular complexity index is 522. The lowest BCUT2D eigenvalue weighted by Crippen LogP contribution is -2.37. The highest BCUT2D eigenvalue weighted by molar-refractivity contribution is 5.94. The highest BCUT2D eigenvalue weighted by atomic mass is 16.5. The van der Waals surface area contributed by atoms with Crippen molar-refractivity contribution >= 4 is 11.6 Å². The quantitative estimate of drug-likeness (QED) is 0.745. The molecule has 2 aromatic rings. The van der Waals surface area contributed by atoms with Crippen LogP contribution in [-0.4, -0.2) is 29.0 Å². The third-order valence-electron chi connectivity index (χ3n) is 2.69. The molecule has 0 radical (unpaired) electrons. The second-order valence-electron chi connectivity index (χ2n) is 4.11. The molecule has 0 saturated carbocycles. The molecule has 4 N–H and O–H groups in total. The van der Waals surface area contributed by atoms with Gasteiger partial charge in [-0.15, -0.1) is 0 Å². The van der Waals surface area contributed by atoms with Crippen molar-refractivity contribution in [3.8, 4) is 5.75 Å². The van der Waals surface area contributed by atoms with Crippen LogP contribution in [0.4, 0.5) is 5.69 Å². The van der Waals surface area contributed by atoms with Crippen LogP contribution in [0.25, 0.3) is 0 Å². The summed E-state index contributed by atoms with van der Waals surface area (Å²) in [4.78, 5) is 18.7. The van der Waals surface area contributed by atoms with Gasteiger partial charge in [-0.05, 0) is 24.3 Å². The summed E-state index contributed by atoms with van der Waals surface area (Å²) in [5.74, 6) is 0.500. The number of nitrogens with one attached hydrogen (secondary N) is 2. The van der Waals surface area contributed by atoms with Gasteiger partial charge in [-0.3, -0.25) is 4.79 Å². The van der Waals surface area contributed by atoms with Gasteiger partial charge in [0, 0.05) is 24.0 Å². The summed E-state index contributed by atoms with van der Waals surface area (Å²) < 4.78 is 5.04. The summed E-state index contributed by atoms with van der Waals surface area (Å²) in [7, 11) is 1.59. The largest absolute Gasteiger partial charge is 0.497 e. The lowest BCUT2D eigenvalue weighted by molar-refractivity contribution is -0.117. The molecule has 0 aliphatic heterocycles. The Morgan fingerprint density at radius 2 is 2.21 bits per heavy atom. The zero-order chi connectivity index (χ0) is 13.7. The van der Waals surface area contributed by atoms with E-state index in [1.807, 2.05) is 0 Å². The standard InChI is InChI=1S/C13H16N4O2/c1-19-11-4-2-9(3-5-11)17-13(18)12(14)6-10-7-15-8-16-10/h2-5,7-8,12H,6,14H2,1H3,(H,15,16)(H,17,18)/t12-/m0/s1. The predicted octanol–water partition coefficient (Wildman–Crippen LogP) is 0.927. The Labute approximate surface area is 111 Å². The first kappa shape index (κ1) is 13.1. The van der Waals surface area contributed by atoms with Crippen LogP contribution in [0, 0.1) is 0 Å². The van der Waals surface area contributed by atoms with E-state index in [1.54, 1.807) is 43.9 Å². The second-order valence-corrected chi connectivity index (χ2v) is 4.11. The average molecular weight is 260 g/mol. The van der Waals surface area contributed by atoms with Gasteiger partial charge >= 0.3 is 0 Å². The molecule has 1 atom stereocenters. The molecule has 0 spiro atoms. The van der Waals surface area contributed by atoms with Crippen molar-refractivity contribution < 1.29 is 9.53 Å². The number of rotatable bonds is 5. The highest BCUT2D eigenvalue weighted by Gasteiger charge is 2.14. The molecule has 1 aromatic heterocycles. The number of carbonyl (C=O) groups is 1. The number of aromatic amines is 1. The van der Waals surface area contributed by atoms with E-state index in [-0.39, 0.29) is 5.91 Å². The normalized spacial score (nSPS) is 11.9. The first-order valence-corrected chi connectivity index (χ1v) is 5.87. The maximum atomic E-state index is 11.9. The minimum absolute atomic E-state index is 0.236. The van der Waals surface area contributed by atoms with Crippen molar-refractivity contribution in [3.05, 3.63) is 42.5 Å². The number of amides is 1. The van der Waals surface area contributed by atoms with E-state index in [0.717, 1.165) is 11.4 Å². The molecule has 0 fully saturated rings. The Hall–Kier alpha value is -2.34. The van der Waals surface area contributed by atoms with Crippen molar-refractivity contribution in [1.29, 1.82) is 0 Å². The number of hydrogen-bond donors (Lipinski definition) is 3. The van der Waals surface area contributed by atoms with Gasteiger partial charge in [0.05, 0.1) is 19.5 Å². The Kier molecular flexibility index (Phi) is 4.15. The van der Waals surface area contributed by atoms with Crippen LogP contribution in [-0.2, 0) is 11.2 Å². The number of imidazole rings is 1. The number of carbonyl (C=O) groups excluding carboxylic acids is 1. The minimum atomic E-state index is -0.623.